The summed E-state index contributed by atoms with van der Waals surface area (Å²) in [5, 5.41) is 23.0. The minimum Gasteiger partial charge on any atom is -0.339 e. The molecule has 26 heavy (non-hydrogen) atoms. The number of aromatic nitrogens is 2. The third-order valence-electron chi connectivity index (χ3n) is 3.85. The number of carbonyl (C=O) groups excluding carboxylic acids is 1. The molecule has 0 aliphatic heterocycles. The fraction of sp³-hybridized carbons (Fsp3) is 0.100. The molecule has 0 saturated carbocycles. The number of hydrogen-bond donors (Lipinski definition) is 2. The lowest BCUT2D eigenvalue weighted by molar-refractivity contribution is 0.102. The Labute approximate surface area is 151 Å². The Morgan fingerprint density at radius 2 is 1.81 bits per heavy atom. The van der Waals surface area contributed by atoms with E-state index in [1.807, 2.05) is 38.1 Å². The summed E-state index contributed by atoms with van der Waals surface area (Å²) in [6.07, 6.45) is 0. The van der Waals surface area contributed by atoms with Gasteiger partial charge in [-0.05, 0) is 55.3 Å². The van der Waals surface area contributed by atoms with Gasteiger partial charge in [-0.2, -0.15) is 5.26 Å². The maximum absolute atomic E-state index is 12.3. The molecule has 1 aromatic heterocycles. The molecule has 0 aliphatic rings. The Balaban J connectivity index is 1.74. The van der Waals surface area contributed by atoms with Crippen LogP contribution in [0.5, 0.6) is 0 Å². The molecule has 6 heteroatoms. The number of aryl methyl sites for hydroxylation is 2. The van der Waals surface area contributed by atoms with E-state index < -0.39 is 5.91 Å². The van der Waals surface area contributed by atoms with Crippen molar-refractivity contribution in [2.24, 2.45) is 0 Å². The van der Waals surface area contributed by atoms with Crippen LogP contribution in [0.25, 0.3) is 0 Å². The number of benzene rings is 2. The molecule has 0 aliphatic carbocycles. The van der Waals surface area contributed by atoms with Crippen LogP contribution in [0.3, 0.4) is 0 Å². The third-order valence-corrected chi connectivity index (χ3v) is 3.85. The molecule has 0 fully saturated rings. The van der Waals surface area contributed by atoms with Gasteiger partial charge in [-0.1, -0.05) is 24.3 Å². The highest BCUT2D eigenvalue weighted by Gasteiger charge is 2.11. The van der Waals surface area contributed by atoms with Gasteiger partial charge in [0.1, 0.15) is 6.07 Å². The molecule has 2 N–H and O–H groups in total. The predicted octanol–water partition coefficient (Wildman–Crippen LogP) is 3.96. The first-order valence-corrected chi connectivity index (χ1v) is 8.05. The molecular weight excluding hydrogens is 326 g/mol. The number of nitriles is 1. The quantitative estimate of drug-likeness (QED) is 0.748. The number of nitrogens with one attached hydrogen (secondary N) is 2. The molecule has 0 bridgehead atoms. The second-order valence-corrected chi connectivity index (χ2v) is 5.86. The zero-order chi connectivity index (χ0) is 18.5. The first-order chi connectivity index (χ1) is 12.6. The monoisotopic (exact) mass is 343 g/mol. The normalized spacial score (nSPS) is 10.0. The van der Waals surface area contributed by atoms with Gasteiger partial charge in [-0.25, -0.2) is 0 Å². The largest absolute Gasteiger partial charge is 0.339 e. The van der Waals surface area contributed by atoms with Crippen LogP contribution in [0.1, 0.15) is 27.2 Å². The van der Waals surface area contributed by atoms with Crippen LogP contribution in [0.2, 0.25) is 0 Å². The molecule has 3 rings (SSSR count). The second-order valence-electron chi connectivity index (χ2n) is 5.86. The summed E-state index contributed by atoms with van der Waals surface area (Å²) in [7, 11) is 0. The molecule has 0 atom stereocenters. The highest BCUT2D eigenvalue weighted by molar-refractivity contribution is 6.03. The standard InChI is InChI=1S/C20H17N5O/c1-13-7-8-14(2)18(11-13)22-19-10-9-17(24-25-19)20(26)23-16-6-4-3-5-15(16)12-21/h3-11H,1-2H3,(H,22,25)(H,23,26). The van der Waals surface area contributed by atoms with Crippen molar-refractivity contribution in [3.63, 3.8) is 0 Å². The first-order valence-electron chi connectivity index (χ1n) is 8.05. The van der Waals surface area contributed by atoms with E-state index in [1.165, 1.54) is 0 Å². The van der Waals surface area contributed by atoms with Gasteiger partial charge in [-0.15, -0.1) is 10.2 Å². The van der Waals surface area contributed by atoms with Crippen molar-refractivity contribution in [3.8, 4) is 6.07 Å². The highest BCUT2D eigenvalue weighted by Crippen LogP contribution is 2.20. The summed E-state index contributed by atoms with van der Waals surface area (Å²) in [6, 6.07) is 18.2. The molecule has 0 radical (unpaired) electrons. The van der Waals surface area contributed by atoms with Crippen LogP contribution < -0.4 is 10.6 Å². The van der Waals surface area contributed by atoms with Crippen molar-refractivity contribution in [1.29, 1.82) is 5.26 Å². The zero-order valence-corrected chi connectivity index (χ0v) is 14.4. The minimum atomic E-state index is -0.418. The maximum Gasteiger partial charge on any atom is 0.276 e. The van der Waals surface area contributed by atoms with E-state index >= 15 is 0 Å². The SMILES string of the molecule is Cc1ccc(C)c(Nc2ccc(C(=O)Nc3ccccc3C#N)nn2)c1. The van der Waals surface area contributed by atoms with Gasteiger partial charge in [0.25, 0.3) is 5.91 Å². The minimum absolute atomic E-state index is 0.171. The maximum atomic E-state index is 12.3. The molecule has 1 heterocycles. The topological polar surface area (TPSA) is 90.7 Å². The van der Waals surface area contributed by atoms with Crippen LogP contribution in [0.15, 0.2) is 54.6 Å². The van der Waals surface area contributed by atoms with E-state index in [4.69, 9.17) is 5.26 Å². The Hall–Kier alpha value is -3.72. The average molecular weight is 343 g/mol. The van der Waals surface area contributed by atoms with E-state index in [9.17, 15) is 4.79 Å². The van der Waals surface area contributed by atoms with Gasteiger partial charge in [-0.3, -0.25) is 4.79 Å². The Morgan fingerprint density at radius 3 is 2.54 bits per heavy atom. The molecule has 128 valence electrons. The number of hydrogen-bond acceptors (Lipinski definition) is 5. The number of nitrogens with zero attached hydrogens (tertiary/aromatic N) is 3. The lowest BCUT2D eigenvalue weighted by atomic mass is 10.1. The van der Waals surface area contributed by atoms with Crippen molar-refractivity contribution < 1.29 is 4.79 Å². The van der Waals surface area contributed by atoms with Gasteiger partial charge in [0.2, 0.25) is 0 Å². The van der Waals surface area contributed by atoms with Crippen LogP contribution >= 0.6 is 0 Å². The molecule has 0 saturated heterocycles. The molecule has 6 nitrogen and oxygen atoms in total. The van der Waals surface area contributed by atoms with Gasteiger partial charge in [0.05, 0.1) is 11.3 Å². The Kier molecular flexibility index (Phi) is 4.90. The van der Waals surface area contributed by atoms with Crippen LogP contribution in [-0.2, 0) is 0 Å². The number of carbonyl (C=O) groups is 1. The van der Waals surface area contributed by atoms with Crippen LogP contribution in [0, 0.1) is 25.2 Å². The van der Waals surface area contributed by atoms with Crippen molar-refractivity contribution in [2.45, 2.75) is 13.8 Å². The smallest absolute Gasteiger partial charge is 0.276 e. The van der Waals surface area contributed by atoms with Crippen molar-refractivity contribution >= 4 is 23.1 Å². The van der Waals surface area contributed by atoms with E-state index in [1.54, 1.807) is 36.4 Å². The number of anilines is 3. The number of para-hydroxylation sites is 1. The molecule has 0 spiro atoms. The first kappa shape index (κ1) is 17.1. The van der Waals surface area contributed by atoms with Gasteiger partial charge < -0.3 is 10.6 Å². The number of rotatable bonds is 4. The Morgan fingerprint density at radius 1 is 1.00 bits per heavy atom. The van der Waals surface area contributed by atoms with E-state index in [-0.39, 0.29) is 5.69 Å². The summed E-state index contributed by atoms with van der Waals surface area (Å²) in [5.41, 5.74) is 4.18. The fourth-order valence-electron chi connectivity index (χ4n) is 2.40. The van der Waals surface area contributed by atoms with Crippen LogP contribution in [-0.4, -0.2) is 16.1 Å². The van der Waals surface area contributed by atoms with E-state index in [0.717, 1.165) is 16.8 Å². The Bertz CT molecular complexity index is 990. The van der Waals surface area contributed by atoms with Crippen LogP contribution in [0.4, 0.5) is 17.2 Å². The lowest BCUT2D eigenvalue weighted by Crippen LogP contribution is -2.15. The summed E-state index contributed by atoms with van der Waals surface area (Å²) in [5.74, 6) is 0.131. The van der Waals surface area contributed by atoms with Crippen molar-refractivity contribution in [1.82, 2.24) is 10.2 Å². The van der Waals surface area contributed by atoms with Crippen molar-refractivity contribution in [2.75, 3.05) is 10.6 Å². The van der Waals surface area contributed by atoms with Gasteiger partial charge >= 0.3 is 0 Å². The summed E-state index contributed by atoms with van der Waals surface area (Å²) in [6.45, 7) is 4.02. The van der Waals surface area contributed by atoms with E-state index in [2.05, 4.69) is 20.8 Å². The number of amides is 1. The summed E-state index contributed by atoms with van der Waals surface area (Å²) in [4.78, 5) is 12.3. The third kappa shape index (κ3) is 3.84. The average Bonchev–Trinajstić information content (AvgIpc) is 2.65. The lowest BCUT2D eigenvalue weighted by Gasteiger charge is -2.10. The fourth-order valence-corrected chi connectivity index (χ4v) is 2.40. The van der Waals surface area contributed by atoms with Gasteiger partial charge in [0.15, 0.2) is 11.5 Å². The zero-order valence-electron chi connectivity index (χ0n) is 14.4. The molecule has 2 aromatic carbocycles. The summed E-state index contributed by atoms with van der Waals surface area (Å²) < 4.78 is 0. The van der Waals surface area contributed by atoms with Gasteiger partial charge in [0, 0.05) is 5.69 Å². The molecule has 0 unspecified atom stereocenters. The molecule has 3 aromatic rings. The molecular formula is C20H17N5O. The predicted molar refractivity (Wildman–Crippen MR) is 100 cm³/mol. The highest BCUT2D eigenvalue weighted by atomic mass is 16.1. The van der Waals surface area contributed by atoms with Crippen molar-refractivity contribution in [3.05, 3.63) is 77.0 Å². The summed E-state index contributed by atoms with van der Waals surface area (Å²) >= 11 is 0. The molecule has 1 amide bonds. The van der Waals surface area contributed by atoms with E-state index in [0.29, 0.717) is 17.1 Å². The second kappa shape index (κ2) is 7.45.